The van der Waals surface area contributed by atoms with Crippen LogP contribution in [0.25, 0.3) is 0 Å². The number of carboxylic acid groups (broad SMARTS) is 1. The molecule has 1 aromatic rings. The Morgan fingerprint density at radius 1 is 1.62 bits per heavy atom. The van der Waals surface area contributed by atoms with Gasteiger partial charge >= 0.3 is 5.97 Å². The van der Waals surface area contributed by atoms with Crippen molar-refractivity contribution in [3.05, 3.63) is 22.6 Å². The minimum absolute atomic E-state index is 0.269. The molecule has 0 bridgehead atoms. The van der Waals surface area contributed by atoms with Crippen molar-refractivity contribution in [1.29, 1.82) is 0 Å². The molecule has 1 aromatic heterocycles. The maximum Gasteiger partial charge on any atom is 0.308 e. The van der Waals surface area contributed by atoms with Gasteiger partial charge in [-0.15, -0.1) is 0 Å². The van der Waals surface area contributed by atoms with Crippen molar-refractivity contribution in [1.82, 2.24) is 10.2 Å². The average molecular weight is 223 g/mol. The van der Waals surface area contributed by atoms with E-state index in [0.29, 0.717) is 18.7 Å². The number of H-pyrrole nitrogens is 1. The van der Waals surface area contributed by atoms with E-state index in [1.54, 1.807) is 6.20 Å². The van der Waals surface area contributed by atoms with Crippen LogP contribution >= 0.6 is 0 Å². The number of hydrogen-bond donors (Lipinski definition) is 2. The summed E-state index contributed by atoms with van der Waals surface area (Å²) in [5.74, 6) is -1.13. The van der Waals surface area contributed by atoms with Gasteiger partial charge in [-0.05, 0) is 12.8 Å². The van der Waals surface area contributed by atoms with E-state index in [1.807, 2.05) is 4.90 Å². The molecule has 1 atom stereocenters. The first-order chi connectivity index (χ1) is 7.66. The molecule has 0 aromatic carbocycles. The van der Waals surface area contributed by atoms with Crippen molar-refractivity contribution in [2.75, 3.05) is 18.0 Å². The molecule has 0 saturated carbocycles. The minimum atomic E-state index is -0.775. The van der Waals surface area contributed by atoms with Crippen molar-refractivity contribution in [2.45, 2.75) is 12.8 Å². The van der Waals surface area contributed by atoms with Gasteiger partial charge in [-0.3, -0.25) is 9.59 Å². The average Bonchev–Trinajstić information content (AvgIpc) is 2.29. The van der Waals surface area contributed by atoms with Gasteiger partial charge in [0.25, 0.3) is 5.56 Å². The van der Waals surface area contributed by atoms with E-state index < -0.39 is 5.97 Å². The summed E-state index contributed by atoms with van der Waals surface area (Å²) in [5, 5.41) is 14.9. The maximum atomic E-state index is 11.1. The Bertz CT molecular complexity index is 443. The molecule has 0 radical (unpaired) electrons. The predicted octanol–water partition coefficient (Wildman–Crippen LogP) is 0.0709. The number of hydrogen-bond acceptors (Lipinski definition) is 4. The predicted molar refractivity (Wildman–Crippen MR) is 57.4 cm³/mol. The van der Waals surface area contributed by atoms with Crippen LogP contribution in [0.4, 0.5) is 5.69 Å². The van der Waals surface area contributed by atoms with Gasteiger partial charge in [0.2, 0.25) is 0 Å². The van der Waals surface area contributed by atoms with Crippen LogP contribution in [0, 0.1) is 5.92 Å². The number of aromatic nitrogens is 2. The molecule has 0 amide bonds. The summed E-state index contributed by atoms with van der Waals surface area (Å²) in [5.41, 5.74) is 0.421. The second kappa shape index (κ2) is 4.34. The highest BCUT2D eigenvalue weighted by Gasteiger charge is 2.25. The first kappa shape index (κ1) is 10.7. The van der Waals surface area contributed by atoms with Crippen LogP contribution in [0.2, 0.25) is 0 Å². The second-order valence-corrected chi connectivity index (χ2v) is 3.93. The van der Waals surface area contributed by atoms with Crippen molar-refractivity contribution in [3.8, 4) is 0 Å². The number of rotatable bonds is 2. The van der Waals surface area contributed by atoms with Crippen LogP contribution in [0.3, 0.4) is 0 Å². The quantitative estimate of drug-likeness (QED) is 0.741. The van der Waals surface area contributed by atoms with Gasteiger partial charge in [0.15, 0.2) is 0 Å². The van der Waals surface area contributed by atoms with E-state index in [2.05, 4.69) is 10.2 Å². The highest BCUT2D eigenvalue weighted by atomic mass is 16.4. The lowest BCUT2D eigenvalue weighted by Gasteiger charge is -2.31. The van der Waals surface area contributed by atoms with Gasteiger partial charge in [0, 0.05) is 19.2 Å². The summed E-state index contributed by atoms with van der Waals surface area (Å²) in [7, 11) is 0. The van der Waals surface area contributed by atoms with E-state index >= 15 is 0 Å². The van der Waals surface area contributed by atoms with Crippen LogP contribution < -0.4 is 10.5 Å². The van der Waals surface area contributed by atoms with Gasteiger partial charge in [-0.25, -0.2) is 5.10 Å². The molecule has 0 aliphatic carbocycles. The van der Waals surface area contributed by atoms with E-state index in [0.717, 1.165) is 13.0 Å². The van der Waals surface area contributed by atoms with Gasteiger partial charge in [0.05, 0.1) is 17.8 Å². The molecule has 0 spiro atoms. The molecule has 2 heterocycles. The summed E-state index contributed by atoms with van der Waals surface area (Å²) >= 11 is 0. The van der Waals surface area contributed by atoms with Crippen LogP contribution in [0.5, 0.6) is 0 Å². The molecule has 6 nitrogen and oxygen atoms in total. The van der Waals surface area contributed by atoms with E-state index in [-0.39, 0.29) is 11.5 Å². The lowest BCUT2D eigenvalue weighted by molar-refractivity contribution is -0.141. The Hall–Kier alpha value is -1.85. The highest BCUT2D eigenvalue weighted by molar-refractivity contribution is 5.71. The van der Waals surface area contributed by atoms with Crippen molar-refractivity contribution in [2.24, 2.45) is 5.92 Å². The summed E-state index contributed by atoms with van der Waals surface area (Å²) in [6.07, 6.45) is 3.07. The third-order valence-corrected chi connectivity index (χ3v) is 2.79. The lowest BCUT2D eigenvalue weighted by atomic mass is 9.98. The first-order valence-electron chi connectivity index (χ1n) is 5.19. The smallest absolute Gasteiger partial charge is 0.308 e. The van der Waals surface area contributed by atoms with Crippen LogP contribution in [-0.4, -0.2) is 34.4 Å². The summed E-state index contributed by atoms with van der Waals surface area (Å²) in [4.78, 5) is 23.9. The molecule has 1 fully saturated rings. The molecule has 0 unspecified atom stereocenters. The number of nitrogens with one attached hydrogen (secondary N) is 1. The molecule has 2 rings (SSSR count). The van der Waals surface area contributed by atoms with Gasteiger partial charge in [-0.2, -0.15) is 5.10 Å². The Balaban J connectivity index is 2.15. The van der Waals surface area contributed by atoms with Crippen LogP contribution in [-0.2, 0) is 4.79 Å². The Kier molecular flexibility index (Phi) is 2.89. The lowest BCUT2D eigenvalue weighted by Crippen LogP contribution is -2.39. The third-order valence-electron chi connectivity index (χ3n) is 2.79. The maximum absolute atomic E-state index is 11.1. The SMILES string of the molecule is O=C(O)[C@@H]1CCCN(c2cn[nH]c(=O)c2)C1. The molecule has 1 saturated heterocycles. The molecule has 1 aliphatic rings. The molecule has 1 aliphatic heterocycles. The number of nitrogens with zero attached hydrogens (tertiary/aromatic N) is 2. The third kappa shape index (κ3) is 2.21. The normalized spacial score (nSPS) is 20.8. The number of aliphatic carboxylic acids is 1. The number of carbonyl (C=O) groups is 1. The fourth-order valence-electron chi connectivity index (χ4n) is 1.95. The fraction of sp³-hybridized carbons (Fsp3) is 0.500. The largest absolute Gasteiger partial charge is 0.481 e. The van der Waals surface area contributed by atoms with E-state index in [1.165, 1.54) is 6.07 Å². The van der Waals surface area contributed by atoms with Crippen molar-refractivity contribution in [3.63, 3.8) is 0 Å². The standard InChI is InChI=1S/C10H13N3O3/c14-9-4-8(5-11-12-9)13-3-1-2-7(6-13)10(15)16/h4-5,7H,1-3,6H2,(H,12,14)(H,15,16)/t7-/m1/s1. The van der Waals surface area contributed by atoms with E-state index in [4.69, 9.17) is 5.11 Å². The topological polar surface area (TPSA) is 86.3 Å². The summed E-state index contributed by atoms with van der Waals surface area (Å²) in [6, 6.07) is 1.44. The number of piperidine rings is 1. The number of aromatic amines is 1. The Morgan fingerprint density at radius 3 is 3.12 bits per heavy atom. The zero-order valence-electron chi connectivity index (χ0n) is 8.72. The monoisotopic (exact) mass is 223 g/mol. The van der Waals surface area contributed by atoms with Gasteiger partial charge in [-0.1, -0.05) is 0 Å². The van der Waals surface area contributed by atoms with Gasteiger partial charge in [0.1, 0.15) is 0 Å². The summed E-state index contributed by atoms with van der Waals surface area (Å²) in [6.45, 7) is 1.22. The van der Waals surface area contributed by atoms with Crippen molar-refractivity contribution >= 4 is 11.7 Å². The minimum Gasteiger partial charge on any atom is -0.481 e. The molecular formula is C10H13N3O3. The van der Waals surface area contributed by atoms with Gasteiger partial charge < -0.3 is 10.0 Å². The Morgan fingerprint density at radius 2 is 2.44 bits per heavy atom. The van der Waals surface area contributed by atoms with E-state index in [9.17, 15) is 9.59 Å². The van der Waals surface area contributed by atoms with Crippen LogP contribution in [0.15, 0.2) is 17.1 Å². The van der Waals surface area contributed by atoms with Crippen molar-refractivity contribution < 1.29 is 9.90 Å². The van der Waals surface area contributed by atoms with Crippen LogP contribution in [0.1, 0.15) is 12.8 Å². The second-order valence-electron chi connectivity index (χ2n) is 3.93. The first-order valence-corrected chi connectivity index (χ1v) is 5.19. The molecule has 6 heteroatoms. The zero-order chi connectivity index (χ0) is 11.5. The molecule has 86 valence electrons. The number of anilines is 1. The molecular weight excluding hydrogens is 210 g/mol. The fourth-order valence-corrected chi connectivity index (χ4v) is 1.95. The number of carboxylic acids is 1. The zero-order valence-corrected chi connectivity index (χ0v) is 8.72. The Labute approximate surface area is 91.9 Å². The molecule has 2 N–H and O–H groups in total. The highest BCUT2D eigenvalue weighted by Crippen LogP contribution is 2.21. The summed E-state index contributed by atoms with van der Waals surface area (Å²) < 4.78 is 0. The molecule has 16 heavy (non-hydrogen) atoms.